The smallest absolute Gasteiger partial charge is 0.248 e. The molecule has 0 saturated heterocycles. The summed E-state index contributed by atoms with van der Waals surface area (Å²) in [6.45, 7) is 2.19. The lowest BCUT2D eigenvalue weighted by Crippen LogP contribution is -2.17. The van der Waals surface area contributed by atoms with Crippen molar-refractivity contribution in [1.29, 1.82) is 0 Å². The average molecular weight is 290 g/mol. The van der Waals surface area contributed by atoms with E-state index in [0.29, 0.717) is 12.1 Å². The fourth-order valence-electron chi connectivity index (χ4n) is 2.03. The molecule has 0 atom stereocenters. The highest BCUT2D eigenvalue weighted by atomic mass is 19.1. The van der Waals surface area contributed by atoms with Crippen LogP contribution >= 0.6 is 0 Å². The third-order valence-electron chi connectivity index (χ3n) is 3.23. The van der Waals surface area contributed by atoms with Crippen LogP contribution < -0.4 is 11.1 Å². The highest BCUT2D eigenvalue weighted by Crippen LogP contribution is 2.10. The van der Waals surface area contributed by atoms with Gasteiger partial charge in [0.1, 0.15) is 5.82 Å². The van der Waals surface area contributed by atoms with Crippen LogP contribution in [0, 0.1) is 5.82 Å². The number of aromatic nitrogens is 2. The maximum absolute atomic E-state index is 13.7. The minimum absolute atomic E-state index is 0.191. The SMILES string of the molecule is NC(=O)c1ccc(CNCCCCn2ccnc2)c(F)c1. The number of nitrogens with one attached hydrogen (secondary N) is 1. The molecular weight excluding hydrogens is 271 g/mol. The van der Waals surface area contributed by atoms with Crippen molar-refractivity contribution in [2.75, 3.05) is 6.54 Å². The molecule has 3 N–H and O–H groups in total. The number of unbranched alkanes of at least 4 members (excludes halogenated alkanes) is 1. The van der Waals surface area contributed by atoms with Crippen LogP contribution in [0.25, 0.3) is 0 Å². The summed E-state index contributed by atoms with van der Waals surface area (Å²) in [6, 6.07) is 4.31. The van der Waals surface area contributed by atoms with Gasteiger partial charge in [-0.25, -0.2) is 9.37 Å². The first-order valence-corrected chi connectivity index (χ1v) is 6.91. The van der Waals surface area contributed by atoms with Crippen LogP contribution in [-0.2, 0) is 13.1 Å². The molecule has 1 aromatic carbocycles. The van der Waals surface area contributed by atoms with Crippen molar-refractivity contribution >= 4 is 5.91 Å². The van der Waals surface area contributed by atoms with Crippen LogP contribution in [0.3, 0.4) is 0 Å². The van der Waals surface area contributed by atoms with Crippen molar-refractivity contribution in [2.24, 2.45) is 5.73 Å². The van der Waals surface area contributed by atoms with Gasteiger partial charge in [-0.3, -0.25) is 4.79 Å². The van der Waals surface area contributed by atoms with Crippen LogP contribution in [0.15, 0.2) is 36.9 Å². The lowest BCUT2D eigenvalue weighted by molar-refractivity contribution is 0.1000. The number of hydrogen-bond acceptors (Lipinski definition) is 3. The maximum Gasteiger partial charge on any atom is 0.248 e. The van der Waals surface area contributed by atoms with E-state index in [-0.39, 0.29) is 5.56 Å². The van der Waals surface area contributed by atoms with Crippen molar-refractivity contribution in [2.45, 2.75) is 25.9 Å². The molecule has 0 unspecified atom stereocenters. The number of carbonyl (C=O) groups is 1. The summed E-state index contributed by atoms with van der Waals surface area (Å²) in [5, 5.41) is 3.19. The Hall–Kier alpha value is -2.21. The molecule has 6 heteroatoms. The number of nitrogens with two attached hydrogens (primary N) is 1. The lowest BCUT2D eigenvalue weighted by Gasteiger charge is -2.07. The molecule has 21 heavy (non-hydrogen) atoms. The minimum atomic E-state index is -0.618. The zero-order valence-electron chi connectivity index (χ0n) is 11.8. The van der Waals surface area contributed by atoms with Crippen LogP contribution in [0.1, 0.15) is 28.8 Å². The average Bonchev–Trinajstić information content (AvgIpc) is 2.97. The Morgan fingerprint density at radius 3 is 2.90 bits per heavy atom. The third kappa shape index (κ3) is 4.68. The van der Waals surface area contributed by atoms with Crippen molar-refractivity contribution in [3.05, 3.63) is 53.9 Å². The van der Waals surface area contributed by atoms with Gasteiger partial charge >= 0.3 is 0 Å². The van der Waals surface area contributed by atoms with Crippen molar-refractivity contribution in [3.8, 4) is 0 Å². The second-order valence-corrected chi connectivity index (χ2v) is 4.85. The molecule has 1 aromatic heterocycles. The Labute approximate surface area is 123 Å². The van der Waals surface area contributed by atoms with E-state index in [1.54, 1.807) is 24.7 Å². The van der Waals surface area contributed by atoms with Gasteiger partial charge in [0, 0.05) is 36.6 Å². The molecular formula is C15H19FN4O. The van der Waals surface area contributed by atoms with Crippen LogP contribution in [0.2, 0.25) is 0 Å². The summed E-state index contributed by atoms with van der Waals surface area (Å²) in [4.78, 5) is 14.9. The lowest BCUT2D eigenvalue weighted by atomic mass is 10.1. The number of hydrogen-bond donors (Lipinski definition) is 2. The summed E-state index contributed by atoms with van der Waals surface area (Å²) in [5.41, 5.74) is 5.83. The molecule has 1 heterocycles. The fraction of sp³-hybridized carbons (Fsp3) is 0.333. The Balaban J connectivity index is 1.67. The van der Waals surface area contributed by atoms with Crippen molar-refractivity contribution in [3.63, 3.8) is 0 Å². The number of aryl methyl sites for hydroxylation is 1. The van der Waals surface area contributed by atoms with Gasteiger partial charge < -0.3 is 15.6 Å². The predicted octanol–water partition coefficient (Wildman–Crippen LogP) is 1.69. The Morgan fingerprint density at radius 2 is 2.24 bits per heavy atom. The van der Waals surface area contributed by atoms with Crippen LogP contribution in [-0.4, -0.2) is 22.0 Å². The number of carbonyl (C=O) groups excluding carboxylic acids is 1. The van der Waals surface area contributed by atoms with Gasteiger partial charge in [-0.15, -0.1) is 0 Å². The Kier molecular flexibility index (Phi) is 5.45. The largest absolute Gasteiger partial charge is 0.366 e. The van der Waals surface area contributed by atoms with Gasteiger partial charge in [0.2, 0.25) is 5.91 Å². The van der Waals surface area contributed by atoms with Gasteiger partial charge in [-0.05, 0) is 31.5 Å². The van der Waals surface area contributed by atoms with Gasteiger partial charge in [0.15, 0.2) is 0 Å². The summed E-state index contributed by atoms with van der Waals surface area (Å²) in [5.74, 6) is -1.02. The van der Waals surface area contributed by atoms with E-state index in [4.69, 9.17) is 5.73 Å². The predicted molar refractivity (Wildman–Crippen MR) is 78.1 cm³/mol. The maximum atomic E-state index is 13.7. The van der Waals surface area contributed by atoms with Crippen molar-refractivity contribution in [1.82, 2.24) is 14.9 Å². The molecule has 0 spiro atoms. The number of rotatable bonds is 8. The normalized spacial score (nSPS) is 10.7. The van der Waals surface area contributed by atoms with E-state index >= 15 is 0 Å². The zero-order valence-corrected chi connectivity index (χ0v) is 11.8. The molecule has 0 aliphatic heterocycles. The van der Waals surface area contributed by atoms with E-state index in [0.717, 1.165) is 25.9 Å². The molecule has 112 valence electrons. The second-order valence-electron chi connectivity index (χ2n) is 4.85. The molecule has 0 saturated carbocycles. The number of amides is 1. The summed E-state index contributed by atoms with van der Waals surface area (Å²) >= 11 is 0. The van der Waals surface area contributed by atoms with E-state index in [1.807, 2.05) is 10.8 Å². The van der Waals surface area contributed by atoms with Gasteiger partial charge in [0.05, 0.1) is 6.33 Å². The number of nitrogens with zero attached hydrogens (tertiary/aromatic N) is 2. The Morgan fingerprint density at radius 1 is 1.38 bits per heavy atom. The molecule has 0 radical (unpaired) electrons. The van der Waals surface area contributed by atoms with Gasteiger partial charge in [0.25, 0.3) is 0 Å². The monoisotopic (exact) mass is 290 g/mol. The number of halogens is 1. The molecule has 0 bridgehead atoms. The summed E-state index contributed by atoms with van der Waals surface area (Å²) in [7, 11) is 0. The molecule has 2 rings (SSSR count). The van der Waals surface area contributed by atoms with Crippen molar-refractivity contribution < 1.29 is 9.18 Å². The first kappa shape index (κ1) is 15.2. The van der Waals surface area contributed by atoms with Gasteiger partial charge in [-0.2, -0.15) is 0 Å². The van der Waals surface area contributed by atoms with Crippen LogP contribution in [0.4, 0.5) is 4.39 Å². The first-order chi connectivity index (χ1) is 10.2. The van der Waals surface area contributed by atoms with E-state index in [2.05, 4.69) is 10.3 Å². The zero-order chi connectivity index (χ0) is 15.1. The minimum Gasteiger partial charge on any atom is -0.366 e. The van der Waals surface area contributed by atoms with Crippen LogP contribution in [0.5, 0.6) is 0 Å². The molecule has 0 fully saturated rings. The topological polar surface area (TPSA) is 72.9 Å². The van der Waals surface area contributed by atoms with E-state index in [1.165, 1.54) is 6.07 Å². The molecule has 2 aromatic rings. The highest BCUT2D eigenvalue weighted by Gasteiger charge is 2.06. The number of primary amides is 1. The summed E-state index contributed by atoms with van der Waals surface area (Å²) in [6.07, 6.45) is 7.52. The second kappa shape index (κ2) is 7.54. The number of imidazole rings is 1. The summed E-state index contributed by atoms with van der Waals surface area (Å²) < 4.78 is 15.7. The molecule has 5 nitrogen and oxygen atoms in total. The van der Waals surface area contributed by atoms with Gasteiger partial charge in [-0.1, -0.05) is 6.07 Å². The standard InChI is InChI=1S/C15H19FN4O/c16-14-9-12(15(17)21)3-4-13(14)10-18-5-1-2-7-20-8-6-19-11-20/h3-4,6,8-9,11,18H,1-2,5,7,10H2,(H2,17,21). The van der Waals surface area contributed by atoms with E-state index < -0.39 is 11.7 Å². The molecule has 0 aliphatic rings. The third-order valence-corrected chi connectivity index (χ3v) is 3.23. The fourth-order valence-corrected chi connectivity index (χ4v) is 2.03. The highest BCUT2D eigenvalue weighted by molar-refractivity contribution is 5.92. The first-order valence-electron chi connectivity index (χ1n) is 6.91. The number of benzene rings is 1. The quantitative estimate of drug-likeness (QED) is 0.727. The molecule has 0 aliphatic carbocycles. The molecule has 1 amide bonds. The van der Waals surface area contributed by atoms with E-state index in [9.17, 15) is 9.18 Å². The Bertz CT molecular complexity index is 583.